The Balaban J connectivity index is 1.69. The van der Waals surface area contributed by atoms with Crippen LogP contribution < -0.4 is 0 Å². The predicted molar refractivity (Wildman–Crippen MR) is 271 cm³/mol. The molecule has 0 aromatic heterocycles. The van der Waals surface area contributed by atoms with Gasteiger partial charge in [-0.25, -0.2) is 4.79 Å². The van der Waals surface area contributed by atoms with Crippen molar-refractivity contribution < 1.29 is 77.6 Å². The van der Waals surface area contributed by atoms with E-state index >= 15 is 0 Å². The normalized spacial score (nSPS) is 37.4. The van der Waals surface area contributed by atoms with Crippen molar-refractivity contribution in [3.63, 3.8) is 0 Å². The molecule has 1 aliphatic carbocycles. The van der Waals surface area contributed by atoms with Crippen LogP contribution in [0, 0.1) is 40.9 Å². The smallest absolute Gasteiger partial charge is 0.329 e. The standard InChI is InChI=1S/C56H87NO16/c1-33-17-13-12-14-18-34(2)45(68-9)29-41-22-20-39(7)56(67,73-41)51(63)52(64)57-24-16-15-19-42(57)53(65)71-46(30-43(60)35(3)26-38(6)49(62)50(70-11)48(61)37(5)25-33)36(4)27-40-21-23-44(47(28-40)69-10)72-54(66)55(8,31-58)32-59/h12-14,17-18,26,33,35-37,39-42,44-47,49-50,58-59,62,67H,15-16,19-25,27-32H2,1-11H3/b14-12-,17-13-,34-18-,38-26+/t33-,35-,36-,37-,39-,40-,41+,42+,44-,45+,46+,47-,49-,50+,56-/m1/s1. The molecule has 17 heteroatoms. The number of carbonyl (C=O) groups excluding carboxylic acids is 6. The Morgan fingerprint density at radius 2 is 1.56 bits per heavy atom. The van der Waals surface area contributed by atoms with E-state index in [-0.39, 0.29) is 42.8 Å². The molecular weight excluding hydrogens is 943 g/mol. The number of hydrogen-bond acceptors (Lipinski definition) is 16. The van der Waals surface area contributed by atoms with Crippen LogP contribution in [0.2, 0.25) is 0 Å². The summed E-state index contributed by atoms with van der Waals surface area (Å²) in [5.74, 6) is -9.36. The average Bonchev–Trinajstić information content (AvgIpc) is 3.37. The molecular formula is C56H87NO16. The van der Waals surface area contributed by atoms with E-state index < -0.39 is 120 Å². The number of piperidine rings is 1. The fraction of sp³-hybridized carbons (Fsp3) is 0.750. The van der Waals surface area contributed by atoms with Gasteiger partial charge in [-0.2, -0.15) is 0 Å². The van der Waals surface area contributed by atoms with E-state index in [0.29, 0.717) is 69.8 Å². The second-order valence-corrected chi connectivity index (χ2v) is 21.8. The van der Waals surface area contributed by atoms with E-state index in [1.807, 2.05) is 51.2 Å². The Labute approximate surface area is 433 Å². The molecule has 15 atom stereocenters. The lowest BCUT2D eigenvalue weighted by Crippen LogP contribution is -2.61. The van der Waals surface area contributed by atoms with Gasteiger partial charge in [0, 0.05) is 58.5 Å². The third kappa shape index (κ3) is 16.0. The predicted octanol–water partition coefficient (Wildman–Crippen LogP) is 5.72. The minimum atomic E-state index is -2.47. The molecule has 0 aromatic rings. The number of nitrogens with zero attached hydrogens (tertiary/aromatic N) is 1. The van der Waals surface area contributed by atoms with Gasteiger partial charge >= 0.3 is 11.9 Å². The minimum Gasteiger partial charge on any atom is -0.460 e. The Bertz CT molecular complexity index is 2010. The molecule has 2 saturated heterocycles. The van der Waals surface area contributed by atoms with Crippen molar-refractivity contribution in [1.82, 2.24) is 4.90 Å². The largest absolute Gasteiger partial charge is 0.460 e. The lowest BCUT2D eigenvalue weighted by atomic mass is 9.78. The van der Waals surface area contributed by atoms with Gasteiger partial charge in [0.05, 0.1) is 31.5 Å². The molecule has 4 aliphatic rings. The van der Waals surface area contributed by atoms with Crippen LogP contribution in [0.4, 0.5) is 0 Å². The first-order valence-corrected chi connectivity index (χ1v) is 26.4. The molecule has 412 valence electrons. The van der Waals surface area contributed by atoms with E-state index in [4.69, 9.17) is 28.4 Å². The first-order valence-electron chi connectivity index (χ1n) is 26.4. The molecule has 3 fully saturated rings. The summed E-state index contributed by atoms with van der Waals surface area (Å²) in [5.41, 5.74) is -0.277. The number of esters is 2. The zero-order chi connectivity index (χ0) is 54.4. The Kier molecular flexibility index (Phi) is 23.9. The number of amides is 1. The molecule has 73 heavy (non-hydrogen) atoms. The summed E-state index contributed by atoms with van der Waals surface area (Å²) in [5, 5.41) is 43.1. The van der Waals surface area contributed by atoms with Crippen molar-refractivity contribution in [3.05, 3.63) is 47.6 Å². The fourth-order valence-electron chi connectivity index (χ4n) is 10.7. The summed E-state index contributed by atoms with van der Waals surface area (Å²) in [6, 6.07) is -1.20. The molecule has 0 radical (unpaired) electrons. The van der Waals surface area contributed by atoms with Crippen molar-refractivity contribution in [2.45, 2.75) is 187 Å². The van der Waals surface area contributed by atoms with Crippen LogP contribution in [0.15, 0.2) is 47.6 Å². The summed E-state index contributed by atoms with van der Waals surface area (Å²) in [6.45, 7) is 12.7. The molecule has 3 heterocycles. The Morgan fingerprint density at radius 3 is 2.21 bits per heavy atom. The van der Waals surface area contributed by atoms with E-state index in [2.05, 4.69) is 0 Å². The molecule has 0 unspecified atom stereocenters. The second-order valence-electron chi connectivity index (χ2n) is 21.8. The number of methoxy groups -OCH3 is 3. The number of allylic oxidation sites excluding steroid dienone is 6. The number of aliphatic hydroxyl groups excluding tert-OH is 3. The summed E-state index contributed by atoms with van der Waals surface area (Å²) >= 11 is 0. The van der Waals surface area contributed by atoms with Gasteiger partial charge in [-0.1, -0.05) is 71.1 Å². The number of ether oxygens (including phenoxy) is 6. The Morgan fingerprint density at radius 1 is 0.863 bits per heavy atom. The molecule has 3 aliphatic heterocycles. The molecule has 0 aromatic carbocycles. The van der Waals surface area contributed by atoms with Gasteiger partial charge in [-0.3, -0.25) is 24.0 Å². The van der Waals surface area contributed by atoms with Gasteiger partial charge in [0.2, 0.25) is 5.79 Å². The van der Waals surface area contributed by atoms with Gasteiger partial charge in [0.15, 0.2) is 5.78 Å². The highest BCUT2D eigenvalue weighted by atomic mass is 16.6. The van der Waals surface area contributed by atoms with Gasteiger partial charge in [0.25, 0.3) is 11.7 Å². The third-order valence-electron chi connectivity index (χ3n) is 15.9. The quantitative estimate of drug-likeness (QED) is 0.116. The van der Waals surface area contributed by atoms with E-state index in [9.17, 15) is 49.2 Å². The van der Waals surface area contributed by atoms with Crippen LogP contribution in [0.5, 0.6) is 0 Å². The second kappa shape index (κ2) is 28.3. The highest BCUT2D eigenvalue weighted by Gasteiger charge is 2.53. The molecule has 4 rings (SSSR count). The van der Waals surface area contributed by atoms with Crippen molar-refractivity contribution in [2.24, 2.45) is 40.9 Å². The van der Waals surface area contributed by atoms with Crippen molar-refractivity contribution in [1.29, 1.82) is 0 Å². The lowest BCUT2D eigenvalue weighted by molar-refractivity contribution is -0.265. The van der Waals surface area contributed by atoms with E-state index in [0.717, 1.165) is 10.5 Å². The maximum atomic E-state index is 14.5. The molecule has 4 N–H and O–H groups in total. The monoisotopic (exact) mass is 1030 g/mol. The zero-order valence-corrected chi connectivity index (χ0v) is 45.3. The van der Waals surface area contributed by atoms with Crippen molar-refractivity contribution in [2.75, 3.05) is 41.1 Å². The van der Waals surface area contributed by atoms with Crippen LogP contribution in [0.1, 0.15) is 132 Å². The maximum absolute atomic E-state index is 14.5. The molecule has 1 amide bonds. The van der Waals surface area contributed by atoms with Gasteiger partial charge in [-0.05, 0) is 114 Å². The topological polar surface area (TPSA) is 242 Å². The summed E-state index contributed by atoms with van der Waals surface area (Å²) in [7, 11) is 4.43. The first kappa shape index (κ1) is 61.6. The number of carbonyl (C=O) groups is 6. The number of hydrogen-bond donors (Lipinski definition) is 4. The average molecular weight is 1030 g/mol. The van der Waals surface area contributed by atoms with Crippen LogP contribution >= 0.6 is 0 Å². The van der Waals surface area contributed by atoms with Crippen LogP contribution in [0.3, 0.4) is 0 Å². The van der Waals surface area contributed by atoms with Gasteiger partial charge in [-0.15, -0.1) is 0 Å². The number of Topliss-reactive ketones (excluding diaryl/α,β-unsaturated/α-hetero) is 3. The fourth-order valence-corrected chi connectivity index (χ4v) is 10.7. The van der Waals surface area contributed by atoms with Crippen LogP contribution in [0.25, 0.3) is 0 Å². The number of aliphatic hydroxyl groups is 4. The highest BCUT2D eigenvalue weighted by molar-refractivity contribution is 6.39. The summed E-state index contributed by atoms with van der Waals surface area (Å²) in [4.78, 5) is 85.4. The minimum absolute atomic E-state index is 0.00697. The Hall–Kier alpha value is -3.94. The van der Waals surface area contributed by atoms with E-state index in [1.54, 1.807) is 40.9 Å². The molecule has 17 nitrogen and oxygen atoms in total. The van der Waals surface area contributed by atoms with E-state index in [1.165, 1.54) is 21.1 Å². The van der Waals surface area contributed by atoms with Crippen molar-refractivity contribution >= 4 is 35.2 Å². The SMILES string of the molecule is CO[C@H]1C[C@@H]2CC[C@@H](C)[C@@](O)(O2)C(=O)C(=O)N2CCCC[C@H]2C(=O)O[C@H]([C@H](C)C[C@H]2CC[C@@H](OC(=O)C(C)(CO)CO)[C@H](OC)C2)CC(=O)[C@H](C)/C=C(\C)[C@@H](O)[C@@H](OC)C(=O)[C@H](C)C[C@H](C)\C=C/C=C\C=C/1C. The zero-order valence-electron chi connectivity index (χ0n) is 45.3. The van der Waals surface area contributed by atoms with Crippen LogP contribution in [-0.2, 0) is 57.2 Å². The summed E-state index contributed by atoms with van der Waals surface area (Å²) in [6.07, 6.45) is 9.76. The third-order valence-corrected chi connectivity index (χ3v) is 15.9. The number of cyclic esters (lactones) is 1. The molecule has 2 bridgehead atoms. The highest BCUT2D eigenvalue weighted by Crippen LogP contribution is 2.38. The summed E-state index contributed by atoms with van der Waals surface area (Å²) < 4.78 is 35.4. The maximum Gasteiger partial charge on any atom is 0.329 e. The van der Waals surface area contributed by atoms with Crippen molar-refractivity contribution in [3.8, 4) is 0 Å². The number of rotatable bonds is 10. The van der Waals surface area contributed by atoms with Gasteiger partial charge < -0.3 is 53.7 Å². The first-order chi connectivity index (χ1) is 34.5. The lowest BCUT2D eigenvalue weighted by Gasteiger charge is -2.42. The number of fused-ring (bicyclic) bond motifs is 3. The van der Waals surface area contributed by atoms with Gasteiger partial charge in [0.1, 0.15) is 41.7 Å². The molecule has 0 spiro atoms. The molecule has 1 saturated carbocycles. The van der Waals surface area contributed by atoms with Crippen LogP contribution in [-0.4, -0.2) is 156 Å². The number of ketones is 3.